The number of rotatable bonds is 4. The molecule has 0 aromatic carbocycles. The highest BCUT2D eigenvalue weighted by Crippen LogP contribution is 2.80. The van der Waals surface area contributed by atoms with Crippen molar-refractivity contribution >= 4 is 35.6 Å². The Labute approximate surface area is 297 Å². The second kappa shape index (κ2) is 10.3. The Bertz CT molecular complexity index is 1660. The standard InChI is InChI=1S/C38H51NO12/c1-13-15(3)34(8)24-14(2)31-38(39-31)36(10,37(11,33(45)51-38)50-19(7)43)26(24)30(47-17(5)41)25(34)22-23(13)35(9)20(27(44)29(22)46-16(4)40)12-21-28(49-21)32(35)48-18(6)42/h13-15,20-26,28-32,39H,12H2,1-11H3/t13?,14-,15-,20+,21-,22+,23?,24-,25+,26-,28-,29+,30+,31+,32-,34+,35-,36-,37+,38-/m0/s1. The fourth-order valence-corrected chi connectivity index (χ4v) is 14.3. The average molecular weight is 714 g/mol. The summed E-state index contributed by atoms with van der Waals surface area (Å²) in [6.45, 7) is 19.5. The first kappa shape index (κ1) is 35.0. The lowest BCUT2D eigenvalue weighted by atomic mass is 9.38. The van der Waals surface area contributed by atoms with Crippen LogP contribution in [0.1, 0.15) is 82.6 Å². The van der Waals surface area contributed by atoms with Crippen molar-refractivity contribution < 1.29 is 57.2 Å². The van der Waals surface area contributed by atoms with E-state index < -0.39 is 99.4 Å². The minimum atomic E-state index is -1.74. The fraction of sp³-hybridized carbons (Fsp3) is 0.842. The van der Waals surface area contributed by atoms with Crippen molar-refractivity contribution in [2.45, 2.75) is 130 Å². The quantitative estimate of drug-likeness (QED) is 0.255. The number of hydrogen-bond acceptors (Lipinski definition) is 13. The summed E-state index contributed by atoms with van der Waals surface area (Å²) in [5, 5.41) is 3.51. The zero-order valence-electron chi connectivity index (χ0n) is 31.3. The number of hydrogen-bond donors (Lipinski definition) is 1. The molecule has 13 nitrogen and oxygen atoms in total. The van der Waals surface area contributed by atoms with Gasteiger partial charge in [-0.2, -0.15) is 0 Å². The van der Waals surface area contributed by atoms with E-state index in [-0.39, 0.29) is 53.6 Å². The van der Waals surface area contributed by atoms with Gasteiger partial charge in [0.25, 0.3) is 0 Å². The first-order chi connectivity index (χ1) is 23.6. The third-order valence-corrected chi connectivity index (χ3v) is 16.3. The van der Waals surface area contributed by atoms with Gasteiger partial charge in [0.1, 0.15) is 18.3 Å². The van der Waals surface area contributed by atoms with Gasteiger partial charge in [0.05, 0.1) is 17.6 Å². The molecule has 5 saturated carbocycles. The van der Waals surface area contributed by atoms with E-state index in [2.05, 4.69) is 33.0 Å². The molecule has 8 rings (SSSR count). The Kier molecular flexibility index (Phi) is 7.09. The first-order valence-electron chi connectivity index (χ1n) is 18.6. The predicted molar refractivity (Wildman–Crippen MR) is 174 cm³/mol. The molecule has 0 aromatic heterocycles. The van der Waals surface area contributed by atoms with Gasteiger partial charge in [-0.05, 0) is 55.3 Å². The van der Waals surface area contributed by atoms with Crippen LogP contribution in [0.3, 0.4) is 0 Å². The fourth-order valence-electron chi connectivity index (χ4n) is 14.3. The molecule has 51 heavy (non-hydrogen) atoms. The predicted octanol–water partition coefficient (Wildman–Crippen LogP) is 2.75. The number of carbonyl (C=O) groups is 6. The molecule has 3 heterocycles. The number of nitrogens with one attached hydrogen (secondary N) is 1. The zero-order chi connectivity index (χ0) is 37.3. The van der Waals surface area contributed by atoms with Crippen molar-refractivity contribution in [1.29, 1.82) is 0 Å². The van der Waals surface area contributed by atoms with E-state index in [1.165, 1.54) is 27.7 Å². The lowest BCUT2D eigenvalue weighted by molar-refractivity contribution is -0.239. The lowest BCUT2D eigenvalue weighted by Gasteiger charge is -2.66. The number of esters is 5. The average Bonchev–Trinajstić information content (AvgIpc) is 3.92. The van der Waals surface area contributed by atoms with Gasteiger partial charge >= 0.3 is 29.8 Å². The van der Waals surface area contributed by atoms with Gasteiger partial charge < -0.3 is 28.4 Å². The molecular formula is C38H51NO12. The normalized spacial score (nSPS) is 56.6. The molecule has 1 spiro atoms. The van der Waals surface area contributed by atoms with Gasteiger partial charge in [-0.25, -0.2) is 4.79 Å². The maximum absolute atomic E-state index is 15.0. The summed E-state index contributed by atoms with van der Waals surface area (Å²) in [5.41, 5.74) is -5.69. The molecule has 0 aromatic rings. The zero-order valence-corrected chi connectivity index (χ0v) is 31.3. The summed E-state index contributed by atoms with van der Waals surface area (Å²) < 4.78 is 37.0. The number of epoxide rings is 1. The maximum Gasteiger partial charge on any atom is 0.352 e. The van der Waals surface area contributed by atoms with Gasteiger partial charge in [-0.3, -0.25) is 29.3 Å². The van der Waals surface area contributed by atoms with Crippen LogP contribution in [0.15, 0.2) is 0 Å². The van der Waals surface area contributed by atoms with Gasteiger partial charge in [-0.1, -0.05) is 34.6 Å². The van der Waals surface area contributed by atoms with Crippen molar-refractivity contribution in [2.24, 2.45) is 69.5 Å². The van der Waals surface area contributed by atoms with E-state index in [4.69, 9.17) is 28.4 Å². The molecular weight excluding hydrogens is 662 g/mol. The third-order valence-electron chi connectivity index (χ3n) is 16.3. The van der Waals surface area contributed by atoms with E-state index >= 15 is 0 Å². The van der Waals surface area contributed by atoms with Crippen LogP contribution in [0, 0.1) is 69.5 Å². The molecule has 8 fully saturated rings. The molecule has 1 N–H and O–H groups in total. The second-order valence-electron chi connectivity index (χ2n) is 18.0. The first-order valence-corrected chi connectivity index (χ1v) is 18.6. The van der Waals surface area contributed by atoms with E-state index in [0.717, 1.165) is 0 Å². The lowest BCUT2D eigenvalue weighted by Crippen LogP contribution is -2.71. The SMILES string of the molecule is CC(=O)O[C@@H]1[C@H]2[C@H]3C(C(C)[C@H](C)[C@]2(C)[C@H]2[C@H](C)[C@H]4N[C@]45OC(=O)[C@@](C)(OC(C)=O)[C@]5(C)[C@H]12)[C@]1(C)[C@H](C[C@@H]2O[C@@H]2[C@@H]1OC(C)=O)C(=O)[C@@H]3OC(C)=O. The molecule has 8 aliphatic rings. The van der Waals surface area contributed by atoms with Gasteiger partial charge in [0, 0.05) is 56.8 Å². The van der Waals surface area contributed by atoms with Crippen molar-refractivity contribution in [1.82, 2.24) is 5.32 Å². The van der Waals surface area contributed by atoms with Crippen LogP contribution in [0.5, 0.6) is 0 Å². The van der Waals surface area contributed by atoms with Crippen LogP contribution in [0.4, 0.5) is 0 Å². The Morgan fingerprint density at radius 2 is 1.39 bits per heavy atom. The topological polar surface area (TPSA) is 183 Å². The molecule has 0 bridgehead atoms. The van der Waals surface area contributed by atoms with E-state index in [0.29, 0.717) is 6.42 Å². The summed E-state index contributed by atoms with van der Waals surface area (Å²) in [6.07, 6.45) is -2.96. The summed E-state index contributed by atoms with van der Waals surface area (Å²) >= 11 is 0. The van der Waals surface area contributed by atoms with E-state index in [1.807, 2.05) is 13.8 Å². The molecule has 0 radical (unpaired) electrons. The highest BCUT2D eigenvalue weighted by atomic mass is 16.6. The minimum Gasteiger partial charge on any atom is -0.462 e. The van der Waals surface area contributed by atoms with Crippen molar-refractivity contribution in [2.75, 3.05) is 0 Å². The number of ether oxygens (including phenoxy) is 6. The molecule has 0 amide bonds. The summed E-state index contributed by atoms with van der Waals surface area (Å²) in [6, 6.07) is -0.270. The van der Waals surface area contributed by atoms with Gasteiger partial charge in [0.2, 0.25) is 5.60 Å². The van der Waals surface area contributed by atoms with E-state index in [1.54, 1.807) is 6.92 Å². The van der Waals surface area contributed by atoms with Crippen LogP contribution in [-0.2, 0) is 57.2 Å². The molecule has 3 aliphatic heterocycles. The minimum absolute atomic E-state index is 0.0633. The molecule has 3 saturated heterocycles. The smallest absolute Gasteiger partial charge is 0.352 e. The highest BCUT2D eigenvalue weighted by molar-refractivity contribution is 5.90. The summed E-state index contributed by atoms with van der Waals surface area (Å²) in [5.74, 6) is -6.41. The second-order valence-corrected chi connectivity index (χ2v) is 18.0. The maximum atomic E-state index is 15.0. The monoisotopic (exact) mass is 713 g/mol. The van der Waals surface area contributed by atoms with Crippen LogP contribution in [-0.4, -0.2) is 83.5 Å². The van der Waals surface area contributed by atoms with Gasteiger partial charge in [0.15, 0.2) is 17.6 Å². The van der Waals surface area contributed by atoms with E-state index in [9.17, 15) is 28.8 Å². The number of ketones is 1. The third kappa shape index (κ3) is 3.90. The molecule has 2 unspecified atom stereocenters. The number of fused-ring (bicyclic) bond motifs is 9. The van der Waals surface area contributed by atoms with Gasteiger partial charge in [-0.15, -0.1) is 0 Å². The molecule has 13 heteroatoms. The summed E-state index contributed by atoms with van der Waals surface area (Å²) in [4.78, 5) is 80.6. The number of Topliss-reactive ketones (excluding diaryl/α,β-unsaturated/α-hetero) is 1. The molecule has 280 valence electrons. The van der Waals surface area contributed by atoms with Crippen molar-refractivity contribution in [3.05, 3.63) is 0 Å². The van der Waals surface area contributed by atoms with Crippen molar-refractivity contribution in [3.63, 3.8) is 0 Å². The molecule has 5 aliphatic carbocycles. The van der Waals surface area contributed by atoms with Crippen LogP contribution in [0.25, 0.3) is 0 Å². The van der Waals surface area contributed by atoms with Crippen molar-refractivity contribution in [3.8, 4) is 0 Å². The highest BCUT2D eigenvalue weighted by Gasteiger charge is 2.92. The Hall–Kier alpha value is -3.06. The molecule has 20 atom stereocenters. The summed E-state index contributed by atoms with van der Waals surface area (Å²) in [7, 11) is 0. The largest absolute Gasteiger partial charge is 0.462 e. The van der Waals surface area contributed by atoms with Crippen LogP contribution < -0.4 is 5.32 Å². The Morgan fingerprint density at radius 3 is 1.98 bits per heavy atom. The Balaban J connectivity index is 1.38. The number of carbonyl (C=O) groups excluding carboxylic acids is 6. The Morgan fingerprint density at radius 1 is 0.765 bits per heavy atom. The van der Waals surface area contributed by atoms with Crippen LogP contribution >= 0.6 is 0 Å². The van der Waals surface area contributed by atoms with Crippen LogP contribution in [0.2, 0.25) is 0 Å².